The van der Waals surface area contributed by atoms with E-state index in [0.717, 1.165) is 0 Å². The van der Waals surface area contributed by atoms with Crippen molar-refractivity contribution in [2.45, 2.75) is 5.60 Å². The molecule has 0 unspecified atom stereocenters. The zero-order valence-electron chi connectivity index (χ0n) is 17.3. The van der Waals surface area contributed by atoms with Gasteiger partial charge in [0, 0.05) is 18.2 Å². The Bertz CT molecular complexity index is 1300. The molecule has 0 saturated heterocycles. The number of nitrogens with two attached hydrogens (primary N) is 1. The number of esters is 2. The van der Waals surface area contributed by atoms with Crippen molar-refractivity contribution < 1.29 is 23.9 Å². The fraction of sp³-hybridized carbons (Fsp3) is 0.125. The number of cyclic esters (lactones) is 1. The van der Waals surface area contributed by atoms with Crippen molar-refractivity contribution in [3.05, 3.63) is 82.9 Å². The van der Waals surface area contributed by atoms with Crippen LogP contribution in [0.5, 0.6) is 0 Å². The number of para-hydroxylation sites is 1. The molecule has 0 bridgehead atoms. The Morgan fingerprint density at radius 3 is 2.50 bits per heavy atom. The van der Waals surface area contributed by atoms with Crippen molar-refractivity contribution in [3.63, 3.8) is 0 Å². The second-order valence-corrected chi connectivity index (χ2v) is 7.56. The molecule has 5 rings (SSSR count). The Labute approximate surface area is 183 Å². The van der Waals surface area contributed by atoms with E-state index in [9.17, 15) is 14.4 Å². The van der Waals surface area contributed by atoms with Gasteiger partial charge in [0.15, 0.2) is 0 Å². The van der Waals surface area contributed by atoms with E-state index in [1.807, 2.05) is 12.1 Å². The lowest BCUT2D eigenvalue weighted by molar-refractivity contribution is -0.158. The molecule has 32 heavy (non-hydrogen) atoms. The molecule has 8 nitrogen and oxygen atoms in total. The number of fused-ring (bicyclic) bond motifs is 4. The van der Waals surface area contributed by atoms with Crippen LogP contribution in [-0.4, -0.2) is 32.0 Å². The third kappa shape index (κ3) is 2.46. The molecule has 8 heteroatoms. The maximum atomic E-state index is 13.2. The van der Waals surface area contributed by atoms with E-state index in [0.29, 0.717) is 39.4 Å². The molecule has 3 N–H and O–H groups in total. The molecule has 0 fully saturated rings. The lowest BCUT2D eigenvalue weighted by Gasteiger charge is -2.33. The Morgan fingerprint density at radius 2 is 1.81 bits per heavy atom. The number of hydrogen-bond acceptors (Lipinski definition) is 7. The summed E-state index contributed by atoms with van der Waals surface area (Å²) in [7, 11) is 3.03. The molecule has 0 aromatic heterocycles. The Hall–Kier alpha value is -4.33. The van der Waals surface area contributed by atoms with Crippen LogP contribution >= 0.6 is 0 Å². The van der Waals surface area contributed by atoms with Gasteiger partial charge in [0.1, 0.15) is 0 Å². The number of amides is 1. The van der Waals surface area contributed by atoms with E-state index in [1.54, 1.807) is 60.5 Å². The summed E-state index contributed by atoms with van der Waals surface area (Å²) in [4.78, 5) is 40.0. The molecule has 3 aromatic carbocycles. The summed E-state index contributed by atoms with van der Waals surface area (Å²) in [6, 6.07) is 17.3. The van der Waals surface area contributed by atoms with Gasteiger partial charge in [-0.25, -0.2) is 9.59 Å². The standard InChI is InChI=1S/C24H19N3O5/c1-27-17-10-6-9-14(21(25)28)19(17)26-16-12-11-15-18(20(16)27)22(29)32-24(15,23(30)31-2)13-7-4-3-5-8-13/h3-12,26H,1-2H3,(H2,25,28)/t24-/m0/s1. The van der Waals surface area contributed by atoms with E-state index in [-0.39, 0.29) is 5.56 Å². The van der Waals surface area contributed by atoms with Crippen LogP contribution in [0.15, 0.2) is 60.7 Å². The topological polar surface area (TPSA) is 111 Å². The SMILES string of the molecule is COC(=O)[C@@]1(c2ccccc2)OC(=O)c2c1ccc1c2N(C)c2cccc(C(N)=O)c2N1. The highest BCUT2D eigenvalue weighted by Crippen LogP contribution is 2.52. The summed E-state index contributed by atoms with van der Waals surface area (Å²) < 4.78 is 10.9. The van der Waals surface area contributed by atoms with Crippen LogP contribution in [0.2, 0.25) is 0 Å². The number of methoxy groups -OCH3 is 1. The fourth-order valence-corrected chi connectivity index (χ4v) is 4.50. The third-order valence-electron chi connectivity index (χ3n) is 5.92. The summed E-state index contributed by atoms with van der Waals surface area (Å²) in [6.45, 7) is 0. The average molecular weight is 429 g/mol. The van der Waals surface area contributed by atoms with E-state index in [4.69, 9.17) is 15.2 Å². The summed E-state index contributed by atoms with van der Waals surface area (Å²) >= 11 is 0. The normalized spacial score (nSPS) is 18.1. The first kappa shape index (κ1) is 19.6. The van der Waals surface area contributed by atoms with Crippen molar-refractivity contribution in [1.29, 1.82) is 0 Å². The van der Waals surface area contributed by atoms with Crippen LogP contribution < -0.4 is 16.0 Å². The molecule has 2 heterocycles. The molecule has 1 amide bonds. The van der Waals surface area contributed by atoms with Gasteiger partial charge >= 0.3 is 11.9 Å². The smallest absolute Gasteiger partial charge is 0.360 e. The van der Waals surface area contributed by atoms with E-state index < -0.39 is 23.4 Å². The number of benzene rings is 3. The summed E-state index contributed by atoms with van der Waals surface area (Å²) in [6.07, 6.45) is 0. The molecule has 0 radical (unpaired) electrons. The number of anilines is 4. The fourth-order valence-electron chi connectivity index (χ4n) is 4.50. The second kappa shape index (κ2) is 6.84. The van der Waals surface area contributed by atoms with Gasteiger partial charge in [-0.3, -0.25) is 4.79 Å². The number of carbonyl (C=O) groups excluding carboxylic acids is 3. The minimum absolute atomic E-state index is 0.252. The second-order valence-electron chi connectivity index (χ2n) is 7.56. The third-order valence-corrected chi connectivity index (χ3v) is 5.92. The van der Waals surface area contributed by atoms with Crippen molar-refractivity contribution in [3.8, 4) is 0 Å². The molecule has 0 aliphatic carbocycles. The predicted octanol–water partition coefficient (Wildman–Crippen LogP) is 3.20. The zero-order valence-corrected chi connectivity index (χ0v) is 17.3. The molecular formula is C24H19N3O5. The minimum Gasteiger partial charge on any atom is -0.466 e. The quantitative estimate of drug-likeness (QED) is 0.615. The van der Waals surface area contributed by atoms with Crippen LogP contribution in [-0.2, 0) is 19.9 Å². The van der Waals surface area contributed by atoms with Gasteiger partial charge < -0.3 is 25.4 Å². The van der Waals surface area contributed by atoms with Crippen LogP contribution in [0.25, 0.3) is 0 Å². The lowest BCUT2D eigenvalue weighted by Crippen LogP contribution is -2.38. The number of nitrogens with one attached hydrogen (secondary N) is 1. The number of primary amides is 1. The zero-order chi connectivity index (χ0) is 22.6. The Balaban J connectivity index is 1.76. The molecule has 3 aromatic rings. The van der Waals surface area contributed by atoms with Crippen LogP contribution in [0.1, 0.15) is 31.8 Å². The van der Waals surface area contributed by atoms with Gasteiger partial charge in [-0.15, -0.1) is 0 Å². The highest BCUT2D eigenvalue weighted by Gasteiger charge is 2.56. The number of hydrogen-bond donors (Lipinski definition) is 2. The predicted molar refractivity (Wildman–Crippen MR) is 117 cm³/mol. The molecular weight excluding hydrogens is 410 g/mol. The van der Waals surface area contributed by atoms with Crippen molar-refractivity contribution in [2.75, 3.05) is 24.4 Å². The van der Waals surface area contributed by atoms with Crippen LogP contribution in [0.4, 0.5) is 22.7 Å². The number of ether oxygens (including phenoxy) is 2. The maximum absolute atomic E-state index is 13.2. The monoisotopic (exact) mass is 429 g/mol. The van der Waals surface area contributed by atoms with Crippen molar-refractivity contribution in [2.24, 2.45) is 5.73 Å². The van der Waals surface area contributed by atoms with E-state index in [1.165, 1.54) is 7.11 Å². The molecule has 0 spiro atoms. The first-order valence-electron chi connectivity index (χ1n) is 9.88. The summed E-state index contributed by atoms with van der Waals surface area (Å²) in [5, 5.41) is 3.21. The molecule has 160 valence electrons. The summed E-state index contributed by atoms with van der Waals surface area (Å²) in [5.74, 6) is -1.91. The number of carbonyl (C=O) groups is 3. The van der Waals surface area contributed by atoms with Crippen molar-refractivity contribution >= 4 is 40.6 Å². The minimum atomic E-state index is -1.71. The molecule has 0 saturated carbocycles. The lowest BCUT2D eigenvalue weighted by atomic mass is 9.84. The molecule has 2 aliphatic heterocycles. The molecule has 1 atom stereocenters. The van der Waals surface area contributed by atoms with E-state index >= 15 is 0 Å². The Morgan fingerprint density at radius 1 is 1.06 bits per heavy atom. The summed E-state index contributed by atoms with van der Waals surface area (Å²) in [5.41, 5.74) is 7.60. The van der Waals surface area contributed by atoms with Gasteiger partial charge in [0.05, 0.1) is 41.0 Å². The average Bonchev–Trinajstić information content (AvgIpc) is 3.12. The molecule has 2 aliphatic rings. The highest BCUT2D eigenvalue weighted by molar-refractivity contribution is 6.13. The van der Waals surface area contributed by atoms with Gasteiger partial charge in [0.2, 0.25) is 0 Å². The van der Waals surface area contributed by atoms with Gasteiger partial charge in [-0.1, -0.05) is 42.5 Å². The van der Waals surface area contributed by atoms with Gasteiger partial charge in [-0.2, -0.15) is 0 Å². The maximum Gasteiger partial charge on any atom is 0.360 e. The Kier molecular flexibility index (Phi) is 4.20. The van der Waals surface area contributed by atoms with Gasteiger partial charge in [0.25, 0.3) is 11.5 Å². The first-order chi connectivity index (χ1) is 15.4. The number of nitrogens with zero attached hydrogens (tertiary/aromatic N) is 1. The van der Waals surface area contributed by atoms with Crippen LogP contribution in [0, 0.1) is 0 Å². The van der Waals surface area contributed by atoms with E-state index in [2.05, 4.69) is 5.32 Å². The van der Waals surface area contributed by atoms with Crippen molar-refractivity contribution in [1.82, 2.24) is 0 Å². The number of rotatable bonds is 3. The van der Waals surface area contributed by atoms with Crippen LogP contribution in [0.3, 0.4) is 0 Å². The largest absolute Gasteiger partial charge is 0.466 e. The first-order valence-corrected chi connectivity index (χ1v) is 9.88. The highest BCUT2D eigenvalue weighted by atomic mass is 16.6. The van der Waals surface area contributed by atoms with Gasteiger partial charge in [-0.05, 0) is 18.2 Å².